The van der Waals surface area contributed by atoms with Crippen molar-refractivity contribution in [1.29, 1.82) is 0 Å². The maximum Gasteiger partial charge on any atom is 0.243 e. The second-order valence-electron chi connectivity index (χ2n) is 3.62. The maximum absolute atomic E-state index is 11.4. The lowest BCUT2D eigenvalue weighted by Gasteiger charge is -2.07. The van der Waals surface area contributed by atoms with Gasteiger partial charge < -0.3 is 21.1 Å². The first-order valence-corrected chi connectivity index (χ1v) is 5.59. The highest BCUT2D eigenvalue weighted by Gasteiger charge is 2.03. The average molecular weight is 251 g/mol. The summed E-state index contributed by atoms with van der Waals surface area (Å²) in [6.45, 7) is 2.22. The van der Waals surface area contributed by atoms with E-state index in [0.717, 1.165) is 0 Å². The molecule has 0 aliphatic heterocycles. The van der Waals surface area contributed by atoms with E-state index in [0.29, 0.717) is 24.6 Å². The number of amides is 2. The van der Waals surface area contributed by atoms with E-state index >= 15 is 0 Å². The molecule has 0 saturated carbocycles. The summed E-state index contributed by atoms with van der Waals surface area (Å²) in [6, 6.07) is 6.92. The van der Waals surface area contributed by atoms with Gasteiger partial charge in [-0.15, -0.1) is 0 Å². The number of anilines is 1. The first kappa shape index (κ1) is 14.0. The Balaban J connectivity index is 2.42. The van der Waals surface area contributed by atoms with Crippen molar-refractivity contribution < 1.29 is 14.3 Å². The van der Waals surface area contributed by atoms with Crippen LogP contribution in [0.5, 0.6) is 5.75 Å². The molecule has 98 valence electrons. The minimum atomic E-state index is -0.277. The van der Waals surface area contributed by atoms with Crippen molar-refractivity contribution >= 4 is 17.5 Å². The molecule has 0 aliphatic rings. The molecule has 6 heteroatoms. The summed E-state index contributed by atoms with van der Waals surface area (Å²) >= 11 is 0. The van der Waals surface area contributed by atoms with Gasteiger partial charge in [-0.1, -0.05) is 0 Å². The van der Waals surface area contributed by atoms with Gasteiger partial charge in [-0.05, 0) is 24.3 Å². The SMILES string of the molecule is CC(=O)NCC(=O)Nc1ccc(OCCN)cc1. The van der Waals surface area contributed by atoms with Crippen LogP contribution < -0.4 is 21.1 Å². The van der Waals surface area contributed by atoms with Gasteiger partial charge in [0.1, 0.15) is 12.4 Å². The van der Waals surface area contributed by atoms with E-state index in [1.807, 2.05) is 0 Å². The van der Waals surface area contributed by atoms with Gasteiger partial charge in [0.15, 0.2) is 0 Å². The van der Waals surface area contributed by atoms with Crippen molar-refractivity contribution in [3.05, 3.63) is 24.3 Å². The van der Waals surface area contributed by atoms with Crippen LogP contribution in [0.4, 0.5) is 5.69 Å². The molecule has 0 saturated heterocycles. The Labute approximate surface area is 105 Å². The van der Waals surface area contributed by atoms with Crippen LogP contribution in [0.1, 0.15) is 6.92 Å². The monoisotopic (exact) mass is 251 g/mol. The van der Waals surface area contributed by atoms with Crippen LogP contribution in [-0.2, 0) is 9.59 Å². The Hall–Kier alpha value is -2.08. The quantitative estimate of drug-likeness (QED) is 0.668. The summed E-state index contributed by atoms with van der Waals surface area (Å²) in [7, 11) is 0. The molecule has 1 aromatic carbocycles. The van der Waals surface area contributed by atoms with E-state index < -0.39 is 0 Å². The molecule has 0 atom stereocenters. The van der Waals surface area contributed by atoms with E-state index in [4.69, 9.17) is 10.5 Å². The number of benzene rings is 1. The number of nitrogens with one attached hydrogen (secondary N) is 2. The number of hydrogen-bond donors (Lipinski definition) is 3. The fourth-order valence-electron chi connectivity index (χ4n) is 1.22. The molecule has 0 fully saturated rings. The third kappa shape index (κ3) is 5.31. The van der Waals surface area contributed by atoms with Crippen molar-refractivity contribution in [2.24, 2.45) is 5.73 Å². The number of rotatable bonds is 6. The molecule has 0 aliphatic carbocycles. The molecule has 0 bridgehead atoms. The highest BCUT2D eigenvalue weighted by atomic mass is 16.5. The van der Waals surface area contributed by atoms with Gasteiger partial charge in [-0.25, -0.2) is 0 Å². The molecule has 1 aromatic rings. The predicted molar refractivity (Wildman–Crippen MR) is 68.3 cm³/mol. The third-order valence-corrected chi connectivity index (χ3v) is 2.02. The van der Waals surface area contributed by atoms with Gasteiger partial charge in [0.25, 0.3) is 0 Å². The summed E-state index contributed by atoms with van der Waals surface area (Å²) in [6.07, 6.45) is 0. The molecular weight excluding hydrogens is 234 g/mol. The topological polar surface area (TPSA) is 93.5 Å². The number of nitrogens with two attached hydrogens (primary N) is 1. The third-order valence-electron chi connectivity index (χ3n) is 2.02. The Kier molecular flexibility index (Phi) is 5.66. The average Bonchev–Trinajstić information content (AvgIpc) is 2.35. The van der Waals surface area contributed by atoms with Gasteiger partial charge >= 0.3 is 0 Å². The Morgan fingerprint density at radius 1 is 1.28 bits per heavy atom. The van der Waals surface area contributed by atoms with Crippen LogP contribution in [0.25, 0.3) is 0 Å². The smallest absolute Gasteiger partial charge is 0.243 e. The molecular formula is C12H17N3O3. The Bertz CT molecular complexity index is 404. The van der Waals surface area contributed by atoms with Crippen molar-refractivity contribution in [3.8, 4) is 5.75 Å². The van der Waals surface area contributed by atoms with Crippen molar-refractivity contribution in [2.45, 2.75) is 6.92 Å². The number of carbonyl (C=O) groups is 2. The zero-order chi connectivity index (χ0) is 13.4. The van der Waals surface area contributed by atoms with Crippen LogP contribution in [0.2, 0.25) is 0 Å². The standard InChI is InChI=1S/C12H17N3O3/c1-9(16)14-8-12(17)15-10-2-4-11(5-3-10)18-7-6-13/h2-5H,6-8,13H2,1H3,(H,14,16)(H,15,17). The Morgan fingerprint density at radius 3 is 2.50 bits per heavy atom. The lowest BCUT2D eigenvalue weighted by molar-refractivity contribution is -0.122. The summed E-state index contributed by atoms with van der Waals surface area (Å²) in [5.41, 5.74) is 5.96. The van der Waals surface area contributed by atoms with Crippen LogP contribution in [-0.4, -0.2) is 31.5 Å². The van der Waals surface area contributed by atoms with Gasteiger partial charge in [0, 0.05) is 19.2 Å². The minimum Gasteiger partial charge on any atom is -0.492 e. The normalized spacial score (nSPS) is 9.67. The predicted octanol–water partition coefficient (Wildman–Crippen LogP) is 0.0987. The highest BCUT2D eigenvalue weighted by molar-refractivity contribution is 5.94. The fourth-order valence-corrected chi connectivity index (χ4v) is 1.22. The molecule has 4 N–H and O–H groups in total. The zero-order valence-electron chi connectivity index (χ0n) is 10.2. The van der Waals surface area contributed by atoms with E-state index in [1.165, 1.54) is 6.92 Å². The second-order valence-corrected chi connectivity index (χ2v) is 3.62. The van der Waals surface area contributed by atoms with Crippen LogP contribution in [0.3, 0.4) is 0 Å². The molecule has 18 heavy (non-hydrogen) atoms. The van der Waals surface area contributed by atoms with E-state index in [2.05, 4.69) is 10.6 Å². The second kappa shape index (κ2) is 7.29. The number of ether oxygens (including phenoxy) is 1. The fraction of sp³-hybridized carbons (Fsp3) is 0.333. The number of hydrogen-bond acceptors (Lipinski definition) is 4. The van der Waals surface area contributed by atoms with Gasteiger partial charge in [0.05, 0.1) is 6.54 Å². The maximum atomic E-state index is 11.4. The van der Waals surface area contributed by atoms with Gasteiger partial charge in [-0.2, -0.15) is 0 Å². The van der Waals surface area contributed by atoms with E-state index in [9.17, 15) is 9.59 Å². The lowest BCUT2D eigenvalue weighted by Crippen LogP contribution is -2.31. The molecule has 0 heterocycles. The lowest BCUT2D eigenvalue weighted by atomic mass is 10.3. The van der Waals surface area contributed by atoms with Crippen molar-refractivity contribution in [1.82, 2.24) is 5.32 Å². The van der Waals surface area contributed by atoms with E-state index in [1.54, 1.807) is 24.3 Å². The summed E-state index contributed by atoms with van der Waals surface area (Å²) in [5, 5.41) is 5.06. The van der Waals surface area contributed by atoms with Gasteiger partial charge in [0.2, 0.25) is 11.8 Å². The first-order chi connectivity index (χ1) is 8.61. The molecule has 1 rings (SSSR count). The van der Waals surface area contributed by atoms with Crippen LogP contribution >= 0.6 is 0 Å². The summed E-state index contributed by atoms with van der Waals surface area (Å²) in [5.74, 6) is 0.178. The molecule has 0 aromatic heterocycles. The molecule has 0 unspecified atom stereocenters. The largest absolute Gasteiger partial charge is 0.492 e. The van der Waals surface area contributed by atoms with Crippen molar-refractivity contribution in [2.75, 3.05) is 25.0 Å². The number of carbonyl (C=O) groups excluding carboxylic acids is 2. The first-order valence-electron chi connectivity index (χ1n) is 5.59. The van der Waals surface area contributed by atoms with Crippen LogP contribution in [0.15, 0.2) is 24.3 Å². The van der Waals surface area contributed by atoms with E-state index in [-0.39, 0.29) is 18.4 Å². The highest BCUT2D eigenvalue weighted by Crippen LogP contribution is 2.15. The van der Waals surface area contributed by atoms with Crippen LogP contribution in [0, 0.1) is 0 Å². The summed E-state index contributed by atoms with van der Waals surface area (Å²) in [4.78, 5) is 22.0. The molecule has 6 nitrogen and oxygen atoms in total. The molecule has 0 radical (unpaired) electrons. The van der Waals surface area contributed by atoms with Gasteiger partial charge in [-0.3, -0.25) is 9.59 Å². The minimum absolute atomic E-state index is 0.0409. The molecule has 2 amide bonds. The molecule has 0 spiro atoms. The van der Waals surface area contributed by atoms with Crippen molar-refractivity contribution in [3.63, 3.8) is 0 Å². The summed E-state index contributed by atoms with van der Waals surface area (Å²) < 4.78 is 5.30. The Morgan fingerprint density at radius 2 is 1.94 bits per heavy atom. The zero-order valence-corrected chi connectivity index (χ0v) is 10.2.